The summed E-state index contributed by atoms with van der Waals surface area (Å²) in [6.07, 6.45) is 6.10. The molecule has 1 aromatic heterocycles. The van der Waals surface area contributed by atoms with Gasteiger partial charge in [-0.05, 0) is 43.0 Å². The third kappa shape index (κ3) is 3.05. The van der Waals surface area contributed by atoms with E-state index in [4.69, 9.17) is 4.74 Å². The number of likely N-dealkylation sites (N-methyl/N-ethyl adjacent to an activating group) is 1. The van der Waals surface area contributed by atoms with Crippen LogP contribution in [0, 0.1) is 0 Å². The monoisotopic (exact) mass is 283 g/mol. The van der Waals surface area contributed by atoms with Crippen LogP contribution in [0.15, 0.2) is 30.6 Å². The Kier molecular flexibility index (Phi) is 4.15. The maximum Gasteiger partial charge on any atom is 0.216 e. The lowest BCUT2D eigenvalue weighted by molar-refractivity contribution is 0.395. The van der Waals surface area contributed by atoms with Gasteiger partial charge in [0.25, 0.3) is 0 Å². The van der Waals surface area contributed by atoms with Crippen LogP contribution in [0.4, 0.5) is 0 Å². The van der Waals surface area contributed by atoms with Gasteiger partial charge in [-0.2, -0.15) is 0 Å². The van der Waals surface area contributed by atoms with Crippen molar-refractivity contribution >= 4 is 0 Å². The SMILES string of the molecule is CNC(Cc1cc(OC)ncn1)c1ccc2c(c1)CCC2. The Morgan fingerprint density at radius 1 is 1.19 bits per heavy atom. The smallest absolute Gasteiger partial charge is 0.216 e. The number of nitrogens with one attached hydrogen (secondary N) is 1. The molecule has 1 N–H and O–H groups in total. The number of hydrogen-bond donors (Lipinski definition) is 1. The molecule has 0 spiro atoms. The first kappa shape index (κ1) is 14.0. The summed E-state index contributed by atoms with van der Waals surface area (Å²) in [6, 6.07) is 9.03. The van der Waals surface area contributed by atoms with Gasteiger partial charge in [0.05, 0.1) is 7.11 Å². The lowest BCUT2D eigenvalue weighted by atomic mass is 9.98. The zero-order chi connectivity index (χ0) is 14.7. The van der Waals surface area contributed by atoms with E-state index in [1.807, 2.05) is 13.1 Å². The molecule has 0 bridgehead atoms. The van der Waals surface area contributed by atoms with Crippen molar-refractivity contribution in [2.75, 3.05) is 14.2 Å². The van der Waals surface area contributed by atoms with E-state index in [-0.39, 0.29) is 6.04 Å². The molecule has 110 valence electrons. The predicted molar refractivity (Wildman–Crippen MR) is 82.6 cm³/mol. The van der Waals surface area contributed by atoms with E-state index in [0.29, 0.717) is 5.88 Å². The number of nitrogens with zero attached hydrogens (tertiary/aromatic N) is 2. The minimum atomic E-state index is 0.260. The second-order valence-corrected chi connectivity index (χ2v) is 5.48. The van der Waals surface area contributed by atoms with Crippen molar-refractivity contribution < 1.29 is 4.74 Å². The van der Waals surface area contributed by atoms with Gasteiger partial charge >= 0.3 is 0 Å². The van der Waals surface area contributed by atoms with Crippen LogP contribution >= 0.6 is 0 Å². The number of fused-ring (bicyclic) bond motifs is 1. The Bertz CT molecular complexity index is 627. The molecule has 0 fully saturated rings. The predicted octanol–water partition coefficient (Wildman–Crippen LogP) is 2.48. The van der Waals surface area contributed by atoms with Crippen molar-refractivity contribution in [2.24, 2.45) is 0 Å². The number of rotatable bonds is 5. The Labute approximate surface area is 125 Å². The topological polar surface area (TPSA) is 47.0 Å². The van der Waals surface area contributed by atoms with Crippen molar-refractivity contribution in [2.45, 2.75) is 31.7 Å². The molecule has 4 nitrogen and oxygen atoms in total. The van der Waals surface area contributed by atoms with E-state index in [2.05, 4.69) is 33.5 Å². The largest absolute Gasteiger partial charge is 0.481 e. The first-order valence-electron chi connectivity index (χ1n) is 7.44. The van der Waals surface area contributed by atoms with Gasteiger partial charge in [-0.3, -0.25) is 0 Å². The van der Waals surface area contributed by atoms with E-state index in [0.717, 1.165) is 12.1 Å². The van der Waals surface area contributed by atoms with Crippen LogP contribution in [-0.4, -0.2) is 24.1 Å². The fourth-order valence-corrected chi connectivity index (χ4v) is 3.00. The molecular formula is C17H21N3O. The van der Waals surface area contributed by atoms with Crippen LogP contribution in [0.2, 0.25) is 0 Å². The van der Waals surface area contributed by atoms with Crippen LogP contribution in [0.1, 0.15) is 34.8 Å². The first-order chi connectivity index (χ1) is 10.3. The van der Waals surface area contributed by atoms with Crippen molar-refractivity contribution in [1.29, 1.82) is 0 Å². The summed E-state index contributed by atoms with van der Waals surface area (Å²) in [6.45, 7) is 0. The molecule has 1 heterocycles. The van der Waals surface area contributed by atoms with Crippen molar-refractivity contribution in [1.82, 2.24) is 15.3 Å². The third-order valence-electron chi connectivity index (χ3n) is 4.19. The average Bonchev–Trinajstić information content (AvgIpc) is 3.00. The molecule has 0 radical (unpaired) electrons. The van der Waals surface area contributed by atoms with Gasteiger partial charge in [-0.1, -0.05) is 18.2 Å². The highest BCUT2D eigenvalue weighted by molar-refractivity contribution is 5.37. The second-order valence-electron chi connectivity index (χ2n) is 5.48. The van der Waals surface area contributed by atoms with Crippen LogP contribution in [0.5, 0.6) is 5.88 Å². The summed E-state index contributed by atoms with van der Waals surface area (Å²) in [5.74, 6) is 0.615. The number of methoxy groups -OCH3 is 1. The molecule has 1 aliphatic rings. The van der Waals surface area contributed by atoms with Gasteiger partial charge in [-0.15, -0.1) is 0 Å². The van der Waals surface area contributed by atoms with Crippen molar-refractivity contribution in [3.63, 3.8) is 0 Å². The summed E-state index contributed by atoms with van der Waals surface area (Å²) in [5, 5.41) is 3.39. The van der Waals surface area contributed by atoms with E-state index in [1.54, 1.807) is 13.4 Å². The highest BCUT2D eigenvalue weighted by Gasteiger charge is 2.16. The first-order valence-corrected chi connectivity index (χ1v) is 7.44. The van der Waals surface area contributed by atoms with Gasteiger partial charge < -0.3 is 10.1 Å². The summed E-state index contributed by atoms with van der Waals surface area (Å²) in [5.41, 5.74) is 5.34. The molecule has 4 heteroatoms. The normalized spacial score (nSPS) is 14.8. The number of hydrogen-bond acceptors (Lipinski definition) is 4. The quantitative estimate of drug-likeness (QED) is 0.916. The summed E-state index contributed by atoms with van der Waals surface area (Å²) < 4.78 is 5.16. The standard InChI is InChI=1S/C17H21N3O/c1-18-16(9-15-10-17(21-2)20-11-19-15)14-7-6-12-4-3-5-13(12)8-14/h6-8,10-11,16,18H,3-5,9H2,1-2H3. The Hall–Kier alpha value is -1.94. The van der Waals surface area contributed by atoms with Crippen molar-refractivity contribution in [3.8, 4) is 5.88 Å². The molecule has 3 rings (SSSR count). The molecular weight excluding hydrogens is 262 g/mol. The van der Waals surface area contributed by atoms with Crippen LogP contribution in [0.25, 0.3) is 0 Å². The lowest BCUT2D eigenvalue weighted by Crippen LogP contribution is -2.19. The maximum absolute atomic E-state index is 5.16. The van der Waals surface area contributed by atoms with Gasteiger partial charge in [0, 0.05) is 24.2 Å². The molecule has 21 heavy (non-hydrogen) atoms. The fraction of sp³-hybridized carbons (Fsp3) is 0.412. The Morgan fingerprint density at radius 2 is 2.05 bits per heavy atom. The highest BCUT2D eigenvalue weighted by Crippen LogP contribution is 2.26. The average molecular weight is 283 g/mol. The Balaban J connectivity index is 1.81. The van der Waals surface area contributed by atoms with Gasteiger partial charge in [-0.25, -0.2) is 9.97 Å². The molecule has 1 atom stereocenters. The van der Waals surface area contributed by atoms with Crippen LogP contribution in [0.3, 0.4) is 0 Å². The second kappa shape index (κ2) is 6.22. The zero-order valence-electron chi connectivity index (χ0n) is 12.6. The number of benzene rings is 1. The van der Waals surface area contributed by atoms with Gasteiger partial charge in [0.2, 0.25) is 5.88 Å². The van der Waals surface area contributed by atoms with Crippen LogP contribution in [-0.2, 0) is 19.3 Å². The summed E-state index contributed by atoms with van der Waals surface area (Å²) >= 11 is 0. The summed E-state index contributed by atoms with van der Waals surface area (Å²) in [4.78, 5) is 8.40. The molecule has 2 aromatic rings. The number of ether oxygens (including phenoxy) is 1. The zero-order valence-corrected chi connectivity index (χ0v) is 12.6. The van der Waals surface area contributed by atoms with E-state index >= 15 is 0 Å². The minimum Gasteiger partial charge on any atom is -0.481 e. The lowest BCUT2D eigenvalue weighted by Gasteiger charge is -2.17. The number of aromatic nitrogens is 2. The van der Waals surface area contributed by atoms with E-state index in [9.17, 15) is 0 Å². The van der Waals surface area contributed by atoms with Crippen molar-refractivity contribution in [3.05, 3.63) is 53.0 Å². The molecule has 1 aromatic carbocycles. The molecule has 0 saturated carbocycles. The molecule has 0 aliphatic heterocycles. The Morgan fingerprint density at radius 3 is 2.86 bits per heavy atom. The van der Waals surface area contributed by atoms with Gasteiger partial charge in [0.1, 0.15) is 6.33 Å². The molecule has 0 amide bonds. The summed E-state index contributed by atoms with van der Waals surface area (Å²) in [7, 11) is 3.62. The van der Waals surface area contributed by atoms with Crippen LogP contribution < -0.4 is 10.1 Å². The molecule has 0 saturated heterocycles. The molecule has 1 unspecified atom stereocenters. The number of aryl methyl sites for hydroxylation is 2. The van der Waals surface area contributed by atoms with Gasteiger partial charge in [0.15, 0.2) is 0 Å². The maximum atomic E-state index is 5.16. The van der Waals surface area contributed by atoms with E-state index < -0.39 is 0 Å². The minimum absolute atomic E-state index is 0.260. The highest BCUT2D eigenvalue weighted by atomic mass is 16.5. The van der Waals surface area contributed by atoms with E-state index in [1.165, 1.54) is 36.0 Å². The molecule has 1 aliphatic carbocycles. The fourth-order valence-electron chi connectivity index (χ4n) is 3.00. The third-order valence-corrected chi connectivity index (χ3v) is 4.19.